The number of benzene rings is 1. The normalized spacial score (nSPS) is 20.3. The van der Waals surface area contributed by atoms with Crippen molar-refractivity contribution in [3.05, 3.63) is 23.9 Å². The van der Waals surface area contributed by atoms with Gasteiger partial charge in [-0.15, -0.1) is 0 Å². The maximum atomic E-state index is 6.28. The first-order chi connectivity index (χ1) is 11.5. The Morgan fingerprint density at radius 3 is 2.62 bits per heavy atom. The van der Waals surface area contributed by atoms with Crippen LogP contribution in [0.15, 0.2) is 28.2 Å². The number of aliphatic imine (C=N–C) groups is 2. The van der Waals surface area contributed by atoms with Crippen LogP contribution in [0.3, 0.4) is 0 Å². The molecule has 0 unspecified atom stereocenters. The molecular formula is C17H23N7. The molecule has 126 valence electrons. The van der Waals surface area contributed by atoms with Gasteiger partial charge in [0.1, 0.15) is 5.66 Å². The van der Waals surface area contributed by atoms with Gasteiger partial charge in [-0.1, -0.05) is 6.42 Å². The number of nitrogens with zero attached hydrogens (tertiary/aromatic N) is 5. The molecule has 1 saturated carbocycles. The van der Waals surface area contributed by atoms with Crippen LogP contribution in [-0.2, 0) is 7.05 Å². The van der Waals surface area contributed by atoms with Crippen LogP contribution in [0.2, 0.25) is 0 Å². The van der Waals surface area contributed by atoms with Gasteiger partial charge in [0.05, 0.1) is 5.52 Å². The van der Waals surface area contributed by atoms with Gasteiger partial charge in [-0.2, -0.15) is 10.1 Å². The zero-order valence-electron chi connectivity index (χ0n) is 14.2. The van der Waals surface area contributed by atoms with Gasteiger partial charge in [-0.3, -0.25) is 9.58 Å². The molecule has 1 aliphatic heterocycles. The number of aromatic nitrogens is 2. The van der Waals surface area contributed by atoms with Crippen molar-refractivity contribution in [3.8, 4) is 0 Å². The van der Waals surface area contributed by atoms with Crippen molar-refractivity contribution in [2.24, 2.45) is 28.5 Å². The molecule has 1 spiro atoms. The van der Waals surface area contributed by atoms with Crippen molar-refractivity contribution in [2.45, 2.75) is 44.7 Å². The number of hydrogen-bond acceptors (Lipinski definition) is 6. The van der Waals surface area contributed by atoms with Gasteiger partial charge >= 0.3 is 0 Å². The minimum Gasteiger partial charge on any atom is -0.369 e. The first-order valence-corrected chi connectivity index (χ1v) is 8.43. The highest BCUT2D eigenvalue weighted by Gasteiger charge is 2.42. The summed E-state index contributed by atoms with van der Waals surface area (Å²) in [5.74, 6) is 0.691. The standard InChI is InChI=1S/C17H23N7/c1-11-13-7-6-12(10-14(13)22-23(11)2)24-16(19)20-15(18)21-17(24)8-4-3-5-9-17/h6-7,10H,3-5,8-9H2,1-2H3,(H4,18,19,20,21). The van der Waals surface area contributed by atoms with E-state index in [1.54, 1.807) is 0 Å². The number of rotatable bonds is 1. The van der Waals surface area contributed by atoms with E-state index in [0.717, 1.165) is 48.0 Å². The van der Waals surface area contributed by atoms with Gasteiger partial charge in [-0.05, 0) is 50.8 Å². The molecule has 0 atom stereocenters. The number of anilines is 1. The summed E-state index contributed by atoms with van der Waals surface area (Å²) in [5, 5.41) is 5.74. The fourth-order valence-corrected chi connectivity index (χ4v) is 3.95. The Bertz CT molecular complexity index is 855. The lowest BCUT2D eigenvalue weighted by atomic mass is 9.87. The quantitative estimate of drug-likeness (QED) is 0.837. The molecule has 7 heteroatoms. The van der Waals surface area contributed by atoms with Crippen molar-refractivity contribution < 1.29 is 0 Å². The molecule has 2 aromatic rings. The fraction of sp³-hybridized carbons (Fsp3) is 0.471. The van der Waals surface area contributed by atoms with Crippen molar-refractivity contribution in [1.29, 1.82) is 0 Å². The van der Waals surface area contributed by atoms with E-state index in [2.05, 4.69) is 35.2 Å². The van der Waals surface area contributed by atoms with Gasteiger partial charge < -0.3 is 11.5 Å². The number of hydrogen-bond donors (Lipinski definition) is 2. The summed E-state index contributed by atoms with van der Waals surface area (Å²) >= 11 is 0. The minimum atomic E-state index is -0.411. The summed E-state index contributed by atoms with van der Waals surface area (Å²) in [6, 6.07) is 6.24. The molecule has 1 fully saturated rings. The van der Waals surface area contributed by atoms with E-state index < -0.39 is 5.66 Å². The molecule has 2 heterocycles. The predicted molar refractivity (Wildman–Crippen MR) is 97.0 cm³/mol. The molecule has 1 aromatic heterocycles. The highest BCUT2D eigenvalue weighted by Crippen LogP contribution is 2.40. The highest BCUT2D eigenvalue weighted by molar-refractivity contribution is 6.06. The van der Waals surface area contributed by atoms with E-state index in [1.807, 2.05) is 16.6 Å². The van der Waals surface area contributed by atoms with Gasteiger partial charge in [0, 0.05) is 23.8 Å². The lowest BCUT2D eigenvalue weighted by molar-refractivity contribution is 0.305. The maximum absolute atomic E-state index is 6.28. The predicted octanol–water partition coefficient (Wildman–Crippen LogP) is 1.99. The average molecular weight is 325 g/mol. The molecule has 4 N–H and O–H groups in total. The van der Waals surface area contributed by atoms with Gasteiger partial charge in [0.15, 0.2) is 0 Å². The summed E-state index contributed by atoms with van der Waals surface area (Å²) in [5.41, 5.74) is 14.9. The Morgan fingerprint density at radius 2 is 1.88 bits per heavy atom. The Hall–Kier alpha value is -2.57. The van der Waals surface area contributed by atoms with E-state index >= 15 is 0 Å². The molecule has 2 aliphatic rings. The zero-order chi connectivity index (χ0) is 16.9. The Labute approximate surface area is 141 Å². The van der Waals surface area contributed by atoms with Crippen molar-refractivity contribution >= 4 is 28.5 Å². The van der Waals surface area contributed by atoms with E-state index in [4.69, 9.17) is 16.5 Å². The summed E-state index contributed by atoms with van der Waals surface area (Å²) in [7, 11) is 1.96. The van der Waals surface area contributed by atoms with E-state index in [9.17, 15) is 0 Å². The van der Waals surface area contributed by atoms with Crippen LogP contribution in [0, 0.1) is 6.92 Å². The first-order valence-electron chi connectivity index (χ1n) is 8.43. The summed E-state index contributed by atoms with van der Waals surface area (Å²) < 4.78 is 1.90. The molecule has 24 heavy (non-hydrogen) atoms. The summed E-state index contributed by atoms with van der Waals surface area (Å²) in [6.45, 7) is 2.07. The van der Waals surface area contributed by atoms with Gasteiger partial charge in [0.2, 0.25) is 11.9 Å². The van der Waals surface area contributed by atoms with Crippen molar-refractivity contribution in [2.75, 3.05) is 4.90 Å². The topological polar surface area (TPSA) is 97.8 Å². The van der Waals surface area contributed by atoms with Crippen LogP contribution in [0.5, 0.6) is 0 Å². The third kappa shape index (κ3) is 2.15. The number of nitrogens with two attached hydrogens (primary N) is 2. The van der Waals surface area contributed by atoms with Crippen LogP contribution in [0.25, 0.3) is 10.9 Å². The van der Waals surface area contributed by atoms with Crippen LogP contribution in [-0.4, -0.2) is 27.4 Å². The van der Waals surface area contributed by atoms with Crippen molar-refractivity contribution in [1.82, 2.24) is 9.78 Å². The van der Waals surface area contributed by atoms with E-state index in [1.165, 1.54) is 6.42 Å². The first kappa shape index (κ1) is 15.0. The number of guanidine groups is 2. The number of fused-ring (bicyclic) bond motifs is 1. The SMILES string of the molecule is Cc1c2ccc(N3C(N)=NC(N)=NC34CCCCC4)cc2nn1C. The molecule has 0 bridgehead atoms. The monoisotopic (exact) mass is 325 g/mol. The molecule has 0 saturated heterocycles. The smallest absolute Gasteiger partial charge is 0.220 e. The third-order valence-corrected chi connectivity index (χ3v) is 5.22. The Morgan fingerprint density at radius 1 is 1.12 bits per heavy atom. The second-order valence-corrected chi connectivity index (χ2v) is 6.73. The fourth-order valence-electron chi connectivity index (χ4n) is 3.95. The Balaban J connectivity index is 1.85. The molecule has 0 amide bonds. The van der Waals surface area contributed by atoms with Crippen LogP contribution < -0.4 is 16.4 Å². The molecule has 0 radical (unpaired) electrons. The van der Waals surface area contributed by atoms with Crippen LogP contribution in [0.4, 0.5) is 5.69 Å². The lowest BCUT2D eigenvalue weighted by Gasteiger charge is -2.45. The van der Waals surface area contributed by atoms with E-state index in [-0.39, 0.29) is 5.96 Å². The van der Waals surface area contributed by atoms with Gasteiger partial charge in [-0.25, -0.2) is 4.99 Å². The molecule has 4 rings (SSSR count). The summed E-state index contributed by atoms with van der Waals surface area (Å²) in [4.78, 5) is 11.0. The average Bonchev–Trinajstić information content (AvgIpc) is 2.81. The molecule has 7 nitrogen and oxygen atoms in total. The number of aryl methyl sites for hydroxylation is 2. The Kier molecular flexibility index (Phi) is 3.26. The second-order valence-electron chi connectivity index (χ2n) is 6.73. The van der Waals surface area contributed by atoms with E-state index in [0.29, 0.717) is 5.96 Å². The molecule has 1 aliphatic carbocycles. The van der Waals surface area contributed by atoms with Crippen LogP contribution in [0.1, 0.15) is 37.8 Å². The molecular weight excluding hydrogens is 302 g/mol. The second kappa shape index (κ2) is 5.22. The van der Waals surface area contributed by atoms with Gasteiger partial charge in [0.25, 0.3) is 0 Å². The summed E-state index contributed by atoms with van der Waals surface area (Å²) in [6.07, 6.45) is 5.32. The largest absolute Gasteiger partial charge is 0.369 e. The minimum absolute atomic E-state index is 0.278. The van der Waals surface area contributed by atoms with Crippen LogP contribution >= 0.6 is 0 Å². The molecule has 1 aromatic carbocycles. The maximum Gasteiger partial charge on any atom is 0.220 e. The zero-order valence-corrected chi connectivity index (χ0v) is 14.2. The lowest BCUT2D eigenvalue weighted by Crippen LogP contribution is -2.58. The third-order valence-electron chi connectivity index (χ3n) is 5.22. The highest BCUT2D eigenvalue weighted by atomic mass is 15.4. The van der Waals surface area contributed by atoms with Crippen molar-refractivity contribution in [3.63, 3.8) is 0 Å².